The third kappa shape index (κ3) is 1.80. The van der Waals surface area contributed by atoms with Gasteiger partial charge in [-0.2, -0.15) is 0 Å². The zero-order valence-electron chi connectivity index (χ0n) is 12.9. The lowest BCUT2D eigenvalue weighted by atomic mass is 9.98. The molecule has 5 rings (SSSR count). The van der Waals surface area contributed by atoms with Gasteiger partial charge in [0.1, 0.15) is 0 Å². The standard InChI is InChI=1S/C22H18N/c1-3-9-16(10-4-1)15-19-21-18-13-7-8-14-20(18)23-22(19,21)17-11-5-2-6-12-17/h1-14,19,21H,15H2/t19-,21-,22-/m1/s1. The van der Waals surface area contributed by atoms with Gasteiger partial charge in [0.05, 0.1) is 11.2 Å². The van der Waals surface area contributed by atoms with Crippen LogP contribution in [0.25, 0.3) is 0 Å². The Morgan fingerprint density at radius 1 is 0.739 bits per heavy atom. The summed E-state index contributed by atoms with van der Waals surface area (Å²) in [6, 6.07) is 30.3. The lowest BCUT2D eigenvalue weighted by Gasteiger charge is -2.17. The van der Waals surface area contributed by atoms with Gasteiger partial charge in [0.15, 0.2) is 0 Å². The van der Waals surface area contributed by atoms with Crippen LogP contribution in [0.5, 0.6) is 0 Å². The molecule has 0 aromatic heterocycles. The summed E-state index contributed by atoms with van der Waals surface area (Å²) in [6.45, 7) is 0. The van der Waals surface area contributed by atoms with Gasteiger partial charge in [-0.05, 0) is 29.2 Å². The fourth-order valence-electron chi connectivity index (χ4n) is 4.41. The molecule has 23 heavy (non-hydrogen) atoms. The van der Waals surface area contributed by atoms with Crippen LogP contribution >= 0.6 is 0 Å². The Morgan fingerprint density at radius 3 is 2.17 bits per heavy atom. The summed E-state index contributed by atoms with van der Waals surface area (Å²) in [5, 5.41) is 5.21. The van der Waals surface area contributed by atoms with E-state index in [4.69, 9.17) is 5.32 Å². The molecule has 0 unspecified atom stereocenters. The fourth-order valence-corrected chi connectivity index (χ4v) is 4.41. The molecule has 1 saturated carbocycles. The first-order chi connectivity index (χ1) is 11.4. The van der Waals surface area contributed by atoms with Gasteiger partial charge in [-0.25, -0.2) is 0 Å². The molecule has 1 heterocycles. The van der Waals surface area contributed by atoms with E-state index >= 15 is 0 Å². The van der Waals surface area contributed by atoms with E-state index in [1.807, 2.05) is 0 Å². The van der Waals surface area contributed by atoms with Gasteiger partial charge in [0, 0.05) is 11.8 Å². The first kappa shape index (κ1) is 13.0. The number of nitrogens with zero attached hydrogens (tertiary/aromatic N) is 1. The minimum absolute atomic E-state index is 0.0409. The van der Waals surface area contributed by atoms with Crippen molar-refractivity contribution in [1.82, 2.24) is 5.32 Å². The minimum Gasteiger partial charge on any atom is -0.273 e. The highest BCUT2D eigenvalue weighted by Crippen LogP contribution is 2.71. The Kier molecular flexibility index (Phi) is 2.66. The van der Waals surface area contributed by atoms with Gasteiger partial charge in [0.2, 0.25) is 0 Å². The highest BCUT2D eigenvalue weighted by molar-refractivity contribution is 5.64. The van der Waals surface area contributed by atoms with Crippen molar-refractivity contribution in [3.8, 4) is 0 Å². The molecule has 111 valence electrons. The van der Waals surface area contributed by atoms with Gasteiger partial charge in [-0.1, -0.05) is 78.9 Å². The Labute approximate surface area is 137 Å². The summed E-state index contributed by atoms with van der Waals surface area (Å²) in [4.78, 5) is 0. The number of fused-ring (bicyclic) bond motifs is 3. The monoisotopic (exact) mass is 296 g/mol. The van der Waals surface area contributed by atoms with Crippen molar-refractivity contribution in [2.45, 2.75) is 17.9 Å². The molecule has 2 aliphatic rings. The van der Waals surface area contributed by atoms with Gasteiger partial charge in [0.25, 0.3) is 0 Å². The highest BCUT2D eigenvalue weighted by Gasteiger charge is 2.70. The van der Waals surface area contributed by atoms with Crippen LogP contribution in [0.2, 0.25) is 0 Å². The molecule has 3 aromatic carbocycles. The molecule has 1 heteroatoms. The molecule has 0 saturated heterocycles. The number of hydrogen-bond acceptors (Lipinski definition) is 0. The summed E-state index contributed by atoms with van der Waals surface area (Å²) in [6.07, 6.45) is 1.10. The predicted molar refractivity (Wildman–Crippen MR) is 92.7 cm³/mol. The van der Waals surface area contributed by atoms with Crippen molar-refractivity contribution in [1.29, 1.82) is 0 Å². The molecular weight excluding hydrogens is 278 g/mol. The van der Waals surface area contributed by atoms with E-state index in [9.17, 15) is 0 Å². The lowest BCUT2D eigenvalue weighted by molar-refractivity contribution is 0.546. The molecule has 1 nitrogen and oxygen atoms in total. The maximum Gasteiger partial charge on any atom is 0.0974 e. The molecule has 0 spiro atoms. The molecule has 1 aliphatic carbocycles. The number of benzene rings is 3. The molecule has 1 aliphatic heterocycles. The third-order valence-corrected chi connectivity index (χ3v) is 5.44. The van der Waals surface area contributed by atoms with Crippen molar-refractivity contribution >= 4 is 5.69 Å². The van der Waals surface area contributed by atoms with Crippen LogP contribution in [0.15, 0.2) is 84.9 Å². The highest BCUT2D eigenvalue weighted by atomic mass is 15.1. The third-order valence-electron chi connectivity index (χ3n) is 5.44. The average Bonchev–Trinajstić information content (AvgIpc) is 3.09. The second-order valence-corrected chi connectivity index (χ2v) is 6.64. The van der Waals surface area contributed by atoms with Crippen molar-refractivity contribution in [3.63, 3.8) is 0 Å². The largest absolute Gasteiger partial charge is 0.273 e. The van der Waals surface area contributed by atoms with Gasteiger partial charge < -0.3 is 0 Å². The number of hydrogen-bond donors (Lipinski definition) is 0. The van der Waals surface area contributed by atoms with Gasteiger partial charge >= 0.3 is 0 Å². The second kappa shape index (κ2) is 4.73. The van der Waals surface area contributed by atoms with Crippen LogP contribution in [0, 0.1) is 5.92 Å². The predicted octanol–water partition coefficient (Wildman–Crippen LogP) is 4.79. The van der Waals surface area contributed by atoms with Crippen LogP contribution < -0.4 is 5.32 Å². The van der Waals surface area contributed by atoms with Crippen LogP contribution in [-0.4, -0.2) is 0 Å². The maximum atomic E-state index is 5.21. The van der Waals surface area contributed by atoms with Crippen molar-refractivity contribution in [2.75, 3.05) is 0 Å². The Bertz CT molecular complexity index is 840. The molecular formula is C22H18N. The average molecular weight is 296 g/mol. The molecule has 1 fully saturated rings. The summed E-state index contributed by atoms with van der Waals surface area (Å²) >= 11 is 0. The summed E-state index contributed by atoms with van der Waals surface area (Å²) in [5.41, 5.74) is 5.35. The first-order valence-corrected chi connectivity index (χ1v) is 8.31. The van der Waals surface area contributed by atoms with Crippen molar-refractivity contribution < 1.29 is 0 Å². The van der Waals surface area contributed by atoms with Crippen LogP contribution in [0.4, 0.5) is 5.69 Å². The summed E-state index contributed by atoms with van der Waals surface area (Å²) < 4.78 is 0. The van der Waals surface area contributed by atoms with E-state index in [0.29, 0.717) is 11.8 Å². The van der Waals surface area contributed by atoms with Crippen LogP contribution in [0.1, 0.15) is 22.6 Å². The molecule has 0 bridgehead atoms. The minimum atomic E-state index is -0.0409. The Balaban J connectivity index is 1.57. The first-order valence-electron chi connectivity index (χ1n) is 8.31. The summed E-state index contributed by atoms with van der Waals surface area (Å²) in [7, 11) is 0. The number of rotatable bonds is 3. The van der Waals surface area contributed by atoms with Gasteiger partial charge in [-0.15, -0.1) is 0 Å². The maximum absolute atomic E-state index is 5.21. The summed E-state index contributed by atoms with van der Waals surface area (Å²) in [5.74, 6) is 1.10. The van der Waals surface area contributed by atoms with E-state index in [1.165, 1.54) is 22.4 Å². The van der Waals surface area contributed by atoms with Crippen molar-refractivity contribution in [2.24, 2.45) is 5.92 Å². The van der Waals surface area contributed by atoms with Crippen LogP contribution in [0.3, 0.4) is 0 Å². The smallest absolute Gasteiger partial charge is 0.0974 e. The Hall–Kier alpha value is -2.54. The van der Waals surface area contributed by atoms with Gasteiger partial charge in [-0.3, -0.25) is 5.32 Å². The zero-order valence-corrected chi connectivity index (χ0v) is 12.9. The second-order valence-electron chi connectivity index (χ2n) is 6.64. The molecule has 0 N–H and O–H groups in total. The molecule has 3 atom stereocenters. The van der Waals surface area contributed by atoms with E-state index in [0.717, 1.165) is 6.42 Å². The zero-order chi connectivity index (χ0) is 15.3. The van der Waals surface area contributed by atoms with E-state index in [-0.39, 0.29) is 5.54 Å². The molecule has 0 amide bonds. The quantitative estimate of drug-likeness (QED) is 0.660. The molecule has 1 radical (unpaired) electrons. The Morgan fingerprint density at radius 2 is 1.39 bits per heavy atom. The molecule has 3 aromatic rings. The lowest BCUT2D eigenvalue weighted by Crippen LogP contribution is -2.20. The topological polar surface area (TPSA) is 14.1 Å². The van der Waals surface area contributed by atoms with Crippen molar-refractivity contribution in [3.05, 3.63) is 102 Å². The number of para-hydroxylation sites is 1. The normalized spacial score (nSPS) is 27.0. The van der Waals surface area contributed by atoms with E-state index in [1.54, 1.807) is 0 Å². The van der Waals surface area contributed by atoms with Crippen LogP contribution in [-0.2, 0) is 12.0 Å². The fraction of sp³-hybridized carbons (Fsp3) is 0.182. The van der Waals surface area contributed by atoms with E-state index < -0.39 is 0 Å². The SMILES string of the molecule is c1ccc(C[C@@H]2[C@H]3c4ccccc4[N][C@]23c2ccccc2)cc1. The van der Waals surface area contributed by atoms with E-state index in [2.05, 4.69) is 84.9 Å².